The van der Waals surface area contributed by atoms with Gasteiger partial charge >= 0.3 is 0 Å². The molecule has 0 heterocycles. The van der Waals surface area contributed by atoms with Gasteiger partial charge in [0.2, 0.25) is 0 Å². The lowest BCUT2D eigenvalue weighted by Crippen LogP contribution is -2.15. The van der Waals surface area contributed by atoms with Crippen LogP contribution in [0.2, 0.25) is 0 Å². The summed E-state index contributed by atoms with van der Waals surface area (Å²) in [4.78, 5) is 11.9. The average Bonchev–Trinajstić information content (AvgIpc) is 2.95. The maximum absolute atomic E-state index is 11.9. The van der Waals surface area contributed by atoms with Crippen LogP contribution in [0.15, 0.2) is 11.6 Å². The first-order valence-corrected chi connectivity index (χ1v) is 6.27. The minimum absolute atomic E-state index is 0.112. The first-order chi connectivity index (χ1) is 7.10. The summed E-state index contributed by atoms with van der Waals surface area (Å²) in [7, 11) is 0. The molecule has 0 unspecified atom stereocenters. The minimum atomic E-state index is 0.112. The molecule has 1 aliphatic carbocycles. The standard InChI is InChI=1S/C14H24O/c1-4-5-8-13(15)14(10-11-14)9-6-7-12(2)3/h7H,4-6,8-11H2,1-3H3. The number of carbonyl (C=O) groups is 1. The number of allylic oxidation sites excluding steroid dienone is 2. The number of carbonyl (C=O) groups excluding carboxylic acids is 1. The van der Waals surface area contributed by atoms with Gasteiger partial charge in [0, 0.05) is 11.8 Å². The molecule has 0 radical (unpaired) electrons. The molecule has 0 N–H and O–H groups in total. The van der Waals surface area contributed by atoms with Crippen LogP contribution in [-0.4, -0.2) is 5.78 Å². The van der Waals surface area contributed by atoms with E-state index in [2.05, 4.69) is 26.8 Å². The van der Waals surface area contributed by atoms with Crippen LogP contribution in [0.5, 0.6) is 0 Å². The predicted molar refractivity (Wildman–Crippen MR) is 64.9 cm³/mol. The zero-order valence-corrected chi connectivity index (χ0v) is 10.4. The summed E-state index contributed by atoms with van der Waals surface area (Å²) in [5.74, 6) is 0.534. The van der Waals surface area contributed by atoms with Crippen molar-refractivity contribution in [3.05, 3.63) is 11.6 Å². The molecule has 1 fully saturated rings. The Hall–Kier alpha value is -0.590. The van der Waals surface area contributed by atoms with Crippen LogP contribution in [0.1, 0.15) is 65.7 Å². The first kappa shape index (κ1) is 12.5. The van der Waals surface area contributed by atoms with Crippen LogP contribution in [0.3, 0.4) is 0 Å². The molecule has 86 valence electrons. The summed E-state index contributed by atoms with van der Waals surface area (Å²) in [5, 5.41) is 0. The third-order valence-electron chi connectivity index (χ3n) is 3.38. The van der Waals surface area contributed by atoms with Crippen LogP contribution in [0, 0.1) is 5.41 Å². The van der Waals surface area contributed by atoms with E-state index >= 15 is 0 Å². The molecule has 0 atom stereocenters. The number of hydrogen-bond donors (Lipinski definition) is 0. The highest BCUT2D eigenvalue weighted by atomic mass is 16.1. The molecular formula is C14H24O. The predicted octanol–water partition coefficient (Wildman–Crippen LogP) is 4.27. The van der Waals surface area contributed by atoms with Crippen molar-refractivity contribution in [1.82, 2.24) is 0 Å². The van der Waals surface area contributed by atoms with Crippen LogP contribution in [0.4, 0.5) is 0 Å². The third-order valence-corrected chi connectivity index (χ3v) is 3.38. The third kappa shape index (κ3) is 3.81. The molecular weight excluding hydrogens is 184 g/mol. The second-order valence-corrected chi connectivity index (χ2v) is 5.13. The SMILES string of the molecule is CCCCC(=O)C1(CCC=C(C)C)CC1. The molecule has 1 nitrogen and oxygen atoms in total. The molecule has 0 aromatic rings. The molecule has 0 amide bonds. The normalized spacial score (nSPS) is 17.3. The topological polar surface area (TPSA) is 17.1 Å². The maximum atomic E-state index is 11.9. The van der Waals surface area contributed by atoms with Gasteiger partial charge in [0.1, 0.15) is 5.78 Å². The number of ketones is 1. The lowest BCUT2D eigenvalue weighted by molar-refractivity contribution is -0.124. The van der Waals surface area contributed by atoms with Gasteiger partial charge in [-0.1, -0.05) is 25.0 Å². The van der Waals surface area contributed by atoms with Gasteiger partial charge in [-0.2, -0.15) is 0 Å². The van der Waals surface area contributed by atoms with Gasteiger partial charge in [-0.15, -0.1) is 0 Å². The van der Waals surface area contributed by atoms with E-state index in [4.69, 9.17) is 0 Å². The van der Waals surface area contributed by atoms with Gasteiger partial charge in [0.15, 0.2) is 0 Å². The van der Waals surface area contributed by atoms with E-state index in [9.17, 15) is 4.79 Å². The van der Waals surface area contributed by atoms with Crippen LogP contribution in [0.25, 0.3) is 0 Å². The highest BCUT2D eigenvalue weighted by molar-refractivity contribution is 5.87. The smallest absolute Gasteiger partial charge is 0.139 e. The highest BCUT2D eigenvalue weighted by Gasteiger charge is 2.47. The van der Waals surface area contributed by atoms with Crippen LogP contribution in [-0.2, 0) is 4.79 Å². The quantitative estimate of drug-likeness (QED) is 0.571. The summed E-state index contributed by atoms with van der Waals surface area (Å²) in [5.41, 5.74) is 1.48. The Labute approximate surface area is 93.9 Å². The summed E-state index contributed by atoms with van der Waals surface area (Å²) in [6.07, 6.45) is 9.73. The number of rotatable bonds is 7. The Kier molecular flexibility index (Phi) is 4.56. The second kappa shape index (κ2) is 5.48. The molecule has 0 aliphatic heterocycles. The first-order valence-electron chi connectivity index (χ1n) is 6.27. The molecule has 15 heavy (non-hydrogen) atoms. The summed E-state index contributed by atoms with van der Waals surface area (Å²) < 4.78 is 0. The monoisotopic (exact) mass is 208 g/mol. The molecule has 0 aromatic heterocycles. The molecule has 1 aliphatic rings. The van der Waals surface area contributed by atoms with Crippen molar-refractivity contribution >= 4 is 5.78 Å². The molecule has 1 rings (SSSR count). The number of hydrogen-bond acceptors (Lipinski definition) is 1. The van der Waals surface area contributed by atoms with Gasteiger partial charge in [-0.25, -0.2) is 0 Å². The fourth-order valence-corrected chi connectivity index (χ4v) is 2.06. The zero-order chi connectivity index (χ0) is 11.3. The van der Waals surface area contributed by atoms with E-state index in [1.165, 1.54) is 5.57 Å². The largest absolute Gasteiger partial charge is 0.299 e. The highest BCUT2D eigenvalue weighted by Crippen LogP contribution is 2.51. The molecule has 0 aromatic carbocycles. The van der Waals surface area contributed by atoms with Gasteiger partial charge in [0.25, 0.3) is 0 Å². The lowest BCUT2D eigenvalue weighted by Gasteiger charge is -2.12. The van der Waals surface area contributed by atoms with Crippen molar-refractivity contribution in [2.45, 2.75) is 65.7 Å². The van der Waals surface area contributed by atoms with E-state index in [0.717, 1.165) is 44.9 Å². The minimum Gasteiger partial charge on any atom is -0.299 e. The van der Waals surface area contributed by atoms with Crippen LogP contribution < -0.4 is 0 Å². The fourth-order valence-electron chi connectivity index (χ4n) is 2.06. The molecule has 0 spiro atoms. The molecule has 0 saturated heterocycles. The van der Waals surface area contributed by atoms with Crippen LogP contribution >= 0.6 is 0 Å². The second-order valence-electron chi connectivity index (χ2n) is 5.13. The number of Topliss-reactive ketones (excluding diaryl/α,β-unsaturated/α-hetero) is 1. The van der Waals surface area contributed by atoms with Crippen molar-refractivity contribution in [3.63, 3.8) is 0 Å². The average molecular weight is 208 g/mol. The Morgan fingerprint density at radius 3 is 2.47 bits per heavy atom. The van der Waals surface area contributed by atoms with Crippen molar-refractivity contribution in [3.8, 4) is 0 Å². The maximum Gasteiger partial charge on any atom is 0.139 e. The Morgan fingerprint density at radius 2 is 2.00 bits per heavy atom. The molecule has 1 heteroatoms. The van der Waals surface area contributed by atoms with Gasteiger partial charge in [-0.3, -0.25) is 4.79 Å². The summed E-state index contributed by atoms with van der Waals surface area (Å²) in [6, 6.07) is 0. The van der Waals surface area contributed by atoms with E-state index in [1.54, 1.807) is 0 Å². The van der Waals surface area contributed by atoms with E-state index in [-0.39, 0.29) is 5.41 Å². The lowest BCUT2D eigenvalue weighted by atomic mass is 9.91. The van der Waals surface area contributed by atoms with E-state index in [1.807, 2.05) is 0 Å². The Bertz CT molecular complexity index is 242. The zero-order valence-electron chi connectivity index (χ0n) is 10.4. The Balaban J connectivity index is 2.32. The van der Waals surface area contributed by atoms with E-state index in [0.29, 0.717) is 5.78 Å². The van der Waals surface area contributed by atoms with Gasteiger partial charge < -0.3 is 0 Å². The summed E-state index contributed by atoms with van der Waals surface area (Å²) in [6.45, 7) is 6.40. The number of unbranched alkanes of at least 4 members (excludes halogenated alkanes) is 1. The van der Waals surface area contributed by atoms with Crippen molar-refractivity contribution in [2.75, 3.05) is 0 Å². The van der Waals surface area contributed by atoms with Crippen molar-refractivity contribution in [1.29, 1.82) is 0 Å². The van der Waals surface area contributed by atoms with Crippen molar-refractivity contribution < 1.29 is 4.79 Å². The van der Waals surface area contributed by atoms with E-state index < -0.39 is 0 Å². The Morgan fingerprint density at radius 1 is 1.33 bits per heavy atom. The van der Waals surface area contributed by atoms with Crippen molar-refractivity contribution in [2.24, 2.45) is 5.41 Å². The van der Waals surface area contributed by atoms with Gasteiger partial charge in [-0.05, 0) is 46.0 Å². The molecule has 1 saturated carbocycles. The summed E-state index contributed by atoms with van der Waals surface area (Å²) >= 11 is 0. The molecule has 0 bridgehead atoms. The fraction of sp³-hybridized carbons (Fsp3) is 0.786. The van der Waals surface area contributed by atoms with Gasteiger partial charge in [0.05, 0.1) is 0 Å².